The molecule has 0 radical (unpaired) electrons. The van der Waals surface area contributed by atoms with Crippen LogP contribution >= 0.6 is 0 Å². The summed E-state index contributed by atoms with van der Waals surface area (Å²) in [7, 11) is 0. The summed E-state index contributed by atoms with van der Waals surface area (Å²) in [5.41, 5.74) is 2.65. The van der Waals surface area contributed by atoms with Crippen LogP contribution in [-0.4, -0.2) is 17.7 Å². The van der Waals surface area contributed by atoms with E-state index in [1.54, 1.807) is 18.4 Å². The Morgan fingerprint density at radius 2 is 2.00 bits per heavy atom. The molecule has 1 heterocycles. The van der Waals surface area contributed by atoms with E-state index in [9.17, 15) is 5.11 Å². The number of aryl methyl sites for hydroxylation is 1. The summed E-state index contributed by atoms with van der Waals surface area (Å²) in [5.74, 6) is 0.607. The van der Waals surface area contributed by atoms with Crippen molar-refractivity contribution in [1.82, 2.24) is 5.32 Å². The summed E-state index contributed by atoms with van der Waals surface area (Å²) in [4.78, 5) is 0. The first-order chi connectivity index (χ1) is 9.16. The van der Waals surface area contributed by atoms with Crippen LogP contribution in [0.5, 0.6) is 0 Å². The van der Waals surface area contributed by atoms with E-state index in [4.69, 9.17) is 4.42 Å². The van der Waals surface area contributed by atoms with Gasteiger partial charge in [0.15, 0.2) is 0 Å². The molecule has 0 saturated carbocycles. The van der Waals surface area contributed by atoms with E-state index in [1.165, 1.54) is 11.1 Å². The molecule has 102 valence electrons. The Bertz CT molecular complexity index is 493. The summed E-state index contributed by atoms with van der Waals surface area (Å²) < 4.78 is 5.17. The maximum absolute atomic E-state index is 9.92. The van der Waals surface area contributed by atoms with Crippen molar-refractivity contribution >= 4 is 0 Å². The normalized spacial score (nSPS) is 14.3. The first-order valence-corrected chi connectivity index (χ1v) is 6.66. The van der Waals surface area contributed by atoms with Crippen LogP contribution in [-0.2, 0) is 6.42 Å². The van der Waals surface area contributed by atoms with Gasteiger partial charge in [0.1, 0.15) is 11.9 Å². The van der Waals surface area contributed by atoms with Crippen molar-refractivity contribution in [3.8, 4) is 0 Å². The van der Waals surface area contributed by atoms with Crippen molar-refractivity contribution in [2.45, 2.75) is 32.4 Å². The van der Waals surface area contributed by atoms with Gasteiger partial charge in [-0.05, 0) is 43.5 Å². The Labute approximate surface area is 114 Å². The minimum absolute atomic E-state index is 0.311. The zero-order valence-electron chi connectivity index (χ0n) is 11.5. The van der Waals surface area contributed by atoms with Gasteiger partial charge < -0.3 is 14.8 Å². The molecule has 2 atom stereocenters. The molecular weight excluding hydrogens is 238 g/mol. The maximum Gasteiger partial charge on any atom is 0.133 e. The third-order valence-electron chi connectivity index (χ3n) is 3.32. The Hall–Kier alpha value is -1.58. The zero-order valence-corrected chi connectivity index (χ0v) is 11.5. The Morgan fingerprint density at radius 3 is 2.68 bits per heavy atom. The highest BCUT2D eigenvalue weighted by Gasteiger charge is 2.12. The van der Waals surface area contributed by atoms with Crippen LogP contribution < -0.4 is 5.32 Å². The minimum atomic E-state index is -0.589. The van der Waals surface area contributed by atoms with Crippen LogP contribution in [0.2, 0.25) is 0 Å². The van der Waals surface area contributed by atoms with Gasteiger partial charge in [-0.2, -0.15) is 0 Å². The van der Waals surface area contributed by atoms with Crippen LogP contribution in [0.1, 0.15) is 29.9 Å². The summed E-state index contributed by atoms with van der Waals surface area (Å²) in [6, 6.07) is 12.3. The van der Waals surface area contributed by atoms with E-state index in [-0.39, 0.29) is 0 Å². The molecular formula is C16H21NO2. The van der Waals surface area contributed by atoms with Crippen LogP contribution in [0.4, 0.5) is 0 Å². The van der Waals surface area contributed by atoms with Gasteiger partial charge in [-0.1, -0.05) is 24.3 Å². The predicted molar refractivity (Wildman–Crippen MR) is 76.0 cm³/mol. The molecule has 2 aromatic rings. The largest absolute Gasteiger partial charge is 0.467 e. The molecule has 3 nitrogen and oxygen atoms in total. The van der Waals surface area contributed by atoms with E-state index in [0.717, 1.165) is 6.42 Å². The lowest BCUT2D eigenvalue weighted by Crippen LogP contribution is -2.32. The summed E-state index contributed by atoms with van der Waals surface area (Å²) in [6.45, 7) is 4.75. The second-order valence-corrected chi connectivity index (χ2v) is 4.97. The fraction of sp³-hybridized carbons (Fsp3) is 0.375. The van der Waals surface area contributed by atoms with Crippen LogP contribution in [0.3, 0.4) is 0 Å². The molecule has 0 bridgehead atoms. The molecule has 1 aromatic carbocycles. The van der Waals surface area contributed by atoms with E-state index < -0.39 is 6.10 Å². The quantitative estimate of drug-likeness (QED) is 0.838. The lowest BCUT2D eigenvalue weighted by atomic mass is 10.0. The molecule has 0 saturated heterocycles. The number of rotatable bonds is 6. The number of furan rings is 1. The van der Waals surface area contributed by atoms with E-state index in [0.29, 0.717) is 18.3 Å². The molecule has 0 aliphatic heterocycles. The molecule has 2 N–H and O–H groups in total. The topological polar surface area (TPSA) is 45.4 Å². The summed E-state index contributed by atoms with van der Waals surface area (Å²) in [6.07, 6.45) is 1.95. The second-order valence-electron chi connectivity index (χ2n) is 4.97. The second kappa shape index (κ2) is 6.55. The molecule has 0 aliphatic rings. The van der Waals surface area contributed by atoms with Crippen molar-refractivity contribution < 1.29 is 9.52 Å². The molecule has 0 aliphatic carbocycles. The number of benzene rings is 1. The smallest absolute Gasteiger partial charge is 0.133 e. The molecule has 2 unspecified atom stereocenters. The Kier molecular flexibility index (Phi) is 4.77. The van der Waals surface area contributed by atoms with Crippen LogP contribution in [0, 0.1) is 6.92 Å². The van der Waals surface area contributed by atoms with Gasteiger partial charge in [0.05, 0.1) is 6.26 Å². The van der Waals surface area contributed by atoms with Gasteiger partial charge in [-0.25, -0.2) is 0 Å². The van der Waals surface area contributed by atoms with Gasteiger partial charge in [-0.3, -0.25) is 0 Å². The van der Waals surface area contributed by atoms with Gasteiger partial charge in [0, 0.05) is 12.6 Å². The van der Waals surface area contributed by atoms with Crippen LogP contribution in [0.25, 0.3) is 0 Å². The third-order valence-corrected chi connectivity index (χ3v) is 3.32. The van der Waals surface area contributed by atoms with E-state index in [1.807, 2.05) is 0 Å². The third kappa shape index (κ3) is 3.94. The molecule has 0 amide bonds. The number of hydrogen-bond donors (Lipinski definition) is 2. The minimum Gasteiger partial charge on any atom is -0.467 e. The van der Waals surface area contributed by atoms with Gasteiger partial charge in [-0.15, -0.1) is 0 Å². The van der Waals surface area contributed by atoms with Crippen molar-refractivity contribution in [2.75, 3.05) is 6.54 Å². The first kappa shape index (κ1) is 13.8. The molecule has 19 heavy (non-hydrogen) atoms. The molecule has 0 fully saturated rings. The van der Waals surface area contributed by atoms with Crippen molar-refractivity contribution in [3.63, 3.8) is 0 Å². The predicted octanol–water partition coefficient (Wildman–Crippen LogP) is 2.84. The monoisotopic (exact) mass is 259 g/mol. The first-order valence-electron chi connectivity index (χ1n) is 6.66. The average Bonchev–Trinajstić information content (AvgIpc) is 2.93. The van der Waals surface area contributed by atoms with Crippen molar-refractivity contribution in [1.29, 1.82) is 0 Å². The molecule has 0 spiro atoms. The fourth-order valence-electron chi connectivity index (χ4n) is 2.14. The highest BCUT2D eigenvalue weighted by atomic mass is 16.4. The standard InChI is InChI=1S/C16H21NO2/c1-12-6-3-4-7-14(12)10-13(2)17-11-15(18)16-8-5-9-19-16/h3-9,13,15,17-18H,10-11H2,1-2H3. The van der Waals surface area contributed by atoms with E-state index >= 15 is 0 Å². The molecule has 2 rings (SSSR count). The van der Waals surface area contributed by atoms with Gasteiger partial charge >= 0.3 is 0 Å². The molecule has 3 heteroatoms. The maximum atomic E-state index is 9.92. The number of hydrogen-bond acceptors (Lipinski definition) is 3. The highest BCUT2D eigenvalue weighted by Crippen LogP contribution is 2.13. The zero-order chi connectivity index (χ0) is 13.7. The summed E-state index contributed by atoms with van der Waals surface area (Å²) >= 11 is 0. The fourth-order valence-corrected chi connectivity index (χ4v) is 2.14. The lowest BCUT2D eigenvalue weighted by molar-refractivity contribution is 0.144. The van der Waals surface area contributed by atoms with E-state index in [2.05, 4.69) is 43.4 Å². The number of aliphatic hydroxyl groups is 1. The Morgan fingerprint density at radius 1 is 1.21 bits per heavy atom. The number of aliphatic hydroxyl groups excluding tert-OH is 1. The Balaban J connectivity index is 1.82. The SMILES string of the molecule is Cc1ccccc1CC(C)NCC(O)c1ccco1. The van der Waals surface area contributed by atoms with Gasteiger partial charge in [0.25, 0.3) is 0 Å². The highest BCUT2D eigenvalue weighted by molar-refractivity contribution is 5.26. The lowest BCUT2D eigenvalue weighted by Gasteiger charge is -2.17. The van der Waals surface area contributed by atoms with Gasteiger partial charge in [0.2, 0.25) is 0 Å². The van der Waals surface area contributed by atoms with Crippen molar-refractivity contribution in [3.05, 3.63) is 59.5 Å². The summed E-state index contributed by atoms with van der Waals surface area (Å²) in [5, 5.41) is 13.3. The van der Waals surface area contributed by atoms with Crippen LogP contribution in [0.15, 0.2) is 47.1 Å². The average molecular weight is 259 g/mol. The number of nitrogens with one attached hydrogen (secondary N) is 1. The molecule has 1 aromatic heterocycles. The van der Waals surface area contributed by atoms with Crippen molar-refractivity contribution in [2.24, 2.45) is 0 Å².